The first-order valence-electron chi connectivity index (χ1n) is 5.97. The second kappa shape index (κ2) is 3.61. The Balaban J connectivity index is 1.87. The first-order chi connectivity index (χ1) is 6.27. The van der Waals surface area contributed by atoms with E-state index in [0.29, 0.717) is 0 Å². The standard InChI is InChI=1S/C12H23N/c1-10-2-4-11(5-3-10)12(6-7-12)8-9-13/h10-11H,2-9,13H2,1H3. The predicted molar refractivity (Wildman–Crippen MR) is 56.5 cm³/mol. The van der Waals surface area contributed by atoms with Crippen LogP contribution in [0.15, 0.2) is 0 Å². The van der Waals surface area contributed by atoms with Crippen molar-refractivity contribution in [2.24, 2.45) is 23.0 Å². The molecule has 2 saturated carbocycles. The number of rotatable bonds is 3. The van der Waals surface area contributed by atoms with Gasteiger partial charge in [-0.05, 0) is 55.9 Å². The zero-order valence-corrected chi connectivity index (χ0v) is 8.89. The molecule has 0 amide bonds. The van der Waals surface area contributed by atoms with Crippen LogP contribution in [0.1, 0.15) is 51.9 Å². The van der Waals surface area contributed by atoms with Crippen molar-refractivity contribution < 1.29 is 0 Å². The lowest BCUT2D eigenvalue weighted by molar-refractivity contribution is 0.187. The maximum absolute atomic E-state index is 5.69. The first kappa shape index (κ1) is 9.51. The summed E-state index contributed by atoms with van der Waals surface area (Å²) in [5, 5.41) is 0. The van der Waals surface area contributed by atoms with Crippen molar-refractivity contribution in [3.63, 3.8) is 0 Å². The Kier molecular flexibility index (Phi) is 2.64. The fraction of sp³-hybridized carbons (Fsp3) is 1.00. The van der Waals surface area contributed by atoms with E-state index < -0.39 is 0 Å². The lowest BCUT2D eigenvalue weighted by Gasteiger charge is -2.32. The highest BCUT2D eigenvalue weighted by Gasteiger charge is 2.48. The number of hydrogen-bond donors (Lipinski definition) is 1. The highest BCUT2D eigenvalue weighted by molar-refractivity contribution is 4.99. The molecule has 0 aromatic carbocycles. The van der Waals surface area contributed by atoms with Gasteiger partial charge in [0.1, 0.15) is 0 Å². The Morgan fingerprint density at radius 1 is 1.15 bits per heavy atom. The van der Waals surface area contributed by atoms with E-state index in [1.54, 1.807) is 0 Å². The predicted octanol–water partition coefficient (Wildman–Crippen LogP) is 2.94. The molecule has 0 aliphatic heterocycles. The van der Waals surface area contributed by atoms with Crippen molar-refractivity contribution >= 4 is 0 Å². The number of hydrogen-bond acceptors (Lipinski definition) is 1. The summed E-state index contributed by atoms with van der Waals surface area (Å²) < 4.78 is 0. The summed E-state index contributed by atoms with van der Waals surface area (Å²) in [4.78, 5) is 0. The summed E-state index contributed by atoms with van der Waals surface area (Å²) in [5.41, 5.74) is 6.42. The van der Waals surface area contributed by atoms with Crippen LogP contribution in [-0.2, 0) is 0 Å². The van der Waals surface area contributed by atoms with E-state index in [1.165, 1.54) is 44.9 Å². The molecule has 2 aliphatic carbocycles. The van der Waals surface area contributed by atoms with E-state index in [2.05, 4.69) is 6.92 Å². The van der Waals surface area contributed by atoms with Crippen molar-refractivity contribution in [3.05, 3.63) is 0 Å². The van der Waals surface area contributed by atoms with Gasteiger partial charge in [-0.25, -0.2) is 0 Å². The van der Waals surface area contributed by atoms with E-state index in [1.807, 2.05) is 0 Å². The zero-order valence-electron chi connectivity index (χ0n) is 8.89. The minimum Gasteiger partial charge on any atom is -0.330 e. The molecule has 1 nitrogen and oxygen atoms in total. The average Bonchev–Trinajstić information content (AvgIpc) is 2.87. The fourth-order valence-corrected chi connectivity index (χ4v) is 3.18. The topological polar surface area (TPSA) is 26.0 Å². The van der Waals surface area contributed by atoms with Crippen molar-refractivity contribution in [2.75, 3.05) is 6.54 Å². The lowest BCUT2D eigenvalue weighted by Crippen LogP contribution is -2.24. The molecular formula is C12H23N. The molecule has 76 valence electrons. The Morgan fingerprint density at radius 3 is 2.23 bits per heavy atom. The second-order valence-corrected chi connectivity index (χ2v) is 5.36. The summed E-state index contributed by atoms with van der Waals surface area (Å²) in [6, 6.07) is 0. The molecule has 0 heterocycles. The third-order valence-electron chi connectivity index (χ3n) is 4.42. The molecule has 0 unspecified atom stereocenters. The Labute approximate surface area is 82.1 Å². The van der Waals surface area contributed by atoms with Crippen LogP contribution in [0.2, 0.25) is 0 Å². The second-order valence-electron chi connectivity index (χ2n) is 5.36. The van der Waals surface area contributed by atoms with Gasteiger partial charge >= 0.3 is 0 Å². The van der Waals surface area contributed by atoms with E-state index >= 15 is 0 Å². The van der Waals surface area contributed by atoms with Crippen LogP contribution in [-0.4, -0.2) is 6.54 Å². The maximum atomic E-state index is 5.69. The molecule has 0 aromatic heterocycles. The minimum atomic E-state index is 0.731. The lowest BCUT2D eigenvalue weighted by atomic mass is 9.73. The molecule has 0 spiro atoms. The van der Waals surface area contributed by atoms with Gasteiger partial charge in [-0.2, -0.15) is 0 Å². The van der Waals surface area contributed by atoms with Crippen LogP contribution in [0.3, 0.4) is 0 Å². The van der Waals surface area contributed by atoms with E-state index in [9.17, 15) is 0 Å². The van der Waals surface area contributed by atoms with Gasteiger partial charge in [-0.3, -0.25) is 0 Å². The van der Waals surface area contributed by atoms with Gasteiger partial charge in [0.2, 0.25) is 0 Å². The zero-order chi connectivity index (χ0) is 9.31. The van der Waals surface area contributed by atoms with Crippen molar-refractivity contribution in [3.8, 4) is 0 Å². The number of nitrogens with two attached hydrogens (primary N) is 1. The van der Waals surface area contributed by atoms with Gasteiger partial charge in [0.15, 0.2) is 0 Å². The minimum absolute atomic E-state index is 0.731. The van der Waals surface area contributed by atoms with Crippen LogP contribution in [0, 0.1) is 17.3 Å². The monoisotopic (exact) mass is 181 g/mol. The summed E-state index contributed by atoms with van der Waals surface area (Å²) >= 11 is 0. The summed E-state index contributed by atoms with van der Waals surface area (Å²) in [5.74, 6) is 2.03. The molecule has 2 fully saturated rings. The van der Waals surface area contributed by atoms with Crippen molar-refractivity contribution in [2.45, 2.75) is 51.9 Å². The summed E-state index contributed by atoms with van der Waals surface area (Å²) in [6.45, 7) is 3.31. The van der Waals surface area contributed by atoms with Gasteiger partial charge in [0, 0.05) is 0 Å². The van der Waals surface area contributed by atoms with Crippen LogP contribution in [0.4, 0.5) is 0 Å². The highest BCUT2D eigenvalue weighted by Crippen LogP contribution is 2.58. The largest absolute Gasteiger partial charge is 0.330 e. The van der Waals surface area contributed by atoms with Crippen LogP contribution < -0.4 is 5.73 Å². The quantitative estimate of drug-likeness (QED) is 0.711. The Bertz CT molecular complexity index is 164. The van der Waals surface area contributed by atoms with Crippen LogP contribution in [0.25, 0.3) is 0 Å². The van der Waals surface area contributed by atoms with Crippen molar-refractivity contribution in [1.29, 1.82) is 0 Å². The molecule has 2 aliphatic rings. The highest BCUT2D eigenvalue weighted by atomic mass is 14.6. The van der Waals surface area contributed by atoms with Gasteiger partial charge in [0.05, 0.1) is 0 Å². The molecule has 1 heteroatoms. The molecule has 0 aromatic rings. The first-order valence-corrected chi connectivity index (χ1v) is 5.97. The molecule has 0 saturated heterocycles. The molecule has 0 atom stereocenters. The fourth-order valence-electron chi connectivity index (χ4n) is 3.18. The maximum Gasteiger partial charge on any atom is -0.00719 e. The average molecular weight is 181 g/mol. The van der Waals surface area contributed by atoms with Crippen molar-refractivity contribution in [1.82, 2.24) is 0 Å². The third kappa shape index (κ3) is 1.90. The SMILES string of the molecule is CC1CCC(C2(CCN)CC2)CC1. The molecular weight excluding hydrogens is 158 g/mol. The van der Waals surface area contributed by atoms with Crippen LogP contribution in [0.5, 0.6) is 0 Å². The normalized spacial score (nSPS) is 37.4. The Morgan fingerprint density at radius 2 is 1.77 bits per heavy atom. The van der Waals surface area contributed by atoms with Gasteiger partial charge in [-0.15, -0.1) is 0 Å². The Hall–Kier alpha value is -0.0400. The van der Waals surface area contributed by atoms with E-state index in [4.69, 9.17) is 5.73 Å². The molecule has 2 N–H and O–H groups in total. The van der Waals surface area contributed by atoms with E-state index in [0.717, 1.165) is 23.8 Å². The molecule has 2 rings (SSSR count). The summed E-state index contributed by atoms with van der Waals surface area (Å²) in [7, 11) is 0. The van der Waals surface area contributed by atoms with E-state index in [-0.39, 0.29) is 0 Å². The smallest absolute Gasteiger partial charge is 0.00719 e. The third-order valence-corrected chi connectivity index (χ3v) is 4.42. The van der Waals surface area contributed by atoms with Crippen LogP contribution >= 0.6 is 0 Å². The molecule has 13 heavy (non-hydrogen) atoms. The molecule has 0 bridgehead atoms. The van der Waals surface area contributed by atoms with Gasteiger partial charge in [0.25, 0.3) is 0 Å². The molecule has 0 radical (unpaired) electrons. The van der Waals surface area contributed by atoms with Gasteiger partial charge < -0.3 is 5.73 Å². The van der Waals surface area contributed by atoms with Gasteiger partial charge in [-0.1, -0.05) is 19.8 Å². The summed E-state index contributed by atoms with van der Waals surface area (Å²) in [6.07, 6.45) is 10.2.